The first-order valence-electron chi connectivity index (χ1n) is 14.2. The van der Waals surface area contributed by atoms with Crippen LogP contribution in [0.1, 0.15) is 22.3 Å². The number of nitrogens with two attached hydrogens (primary N) is 1. The molecule has 2 heteroatoms. The fourth-order valence-electron chi connectivity index (χ4n) is 6.68. The van der Waals surface area contributed by atoms with Crippen LogP contribution in [0.4, 0.5) is 0 Å². The van der Waals surface area contributed by atoms with E-state index in [0.717, 1.165) is 17.5 Å². The molecule has 7 aromatic carbocycles. The van der Waals surface area contributed by atoms with Gasteiger partial charge in [0.2, 0.25) is 0 Å². The van der Waals surface area contributed by atoms with Crippen LogP contribution < -0.4 is 5.73 Å². The molecule has 41 heavy (non-hydrogen) atoms. The van der Waals surface area contributed by atoms with Gasteiger partial charge in [0.25, 0.3) is 0 Å². The zero-order valence-electron chi connectivity index (χ0n) is 22.6. The maximum absolute atomic E-state index is 7.07. The molecule has 0 saturated heterocycles. The van der Waals surface area contributed by atoms with Crippen LogP contribution in [0.3, 0.4) is 0 Å². The molecule has 0 aromatic heterocycles. The molecule has 0 heterocycles. The lowest BCUT2D eigenvalue weighted by molar-refractivity contribution is 1.06. The van der Waals surface area contributed by atoms with E-state index in [1.165, 1.54) is 65.7 Å². The topological polar surface area (TPSA) is 38.4 Å². The molecule has 1 aliphatic carbocycles. The summed E-state index contributed by atoms with van der Waals surface area (Å²) in [6.45, 7) is 0.519. The van der Waals surface area contributed by atoms with Crippen LogP contribution in [0, 0.1) is 0 Å². The molecule has 194 valence electrons. The summed E-state index contributed by atoms with van der Waals surface area (Å²) in [6.07, 6.45) is 0.905. The summed E-state index contributed by atoms with van der Waals surface area (Å²) >= 11 is 0. The second kappa shape index (κ2) is 9.46. The number of benzene rings is 7. The molecule has 0 unspecified atom stereocenters. The van der Waals surface area contributed by atoms with Crippen molar-refractivity contribution < 1.29 is 0 Å². The second-order valence-corrected chi connectivity index (χ2v) is 10.9. The first-order chi connectivity index (χ1) is 20.3. The van der Waals surface area contributed by atoms with Crippen molar-refractivity contribution in [3.8, 4) is 22.3 Å². The van der Waals surface area contributed by atoms with Crippen LogP contribution in [-0.2, 0) is 13.0 Å². The van der Waals surface area contributed by atoms with Crippen molar-refractivity contribution in [3.63, 3.8) is 0 Å². The molecule has 0 aliphatic heterocycles. The quantitative estimate of drug-likeness (QED) is 0.139. The van der Waals surface area contributed by atoms with Gasteiger partial charge in [-0.2, -0.15) is 0 Å². The van der Waals surface area contributed by atoms with E-state index >= 15 is 0 Å². The van der Waals surface area contributed by atoms with E-state index in [0.29, 0.717) is 12.4 Å². The van der Waals surface area contributed by atoms with Gasteiger partial charge in [-0.15, -0.1) is 0 Å². The fourth-order valence-corrected chi connectivity index (χ4v) is 6.68. The van der Waals surface area contributed by atoms with Gasteiger partial charge in [0.05, 0.1) is 6.54 Å². The van der Waals surface area contributed by atoms with Gasteiger partial charge in [-0.3, -0.25) is 4.99 Å². The van der Waals surface area contributed by atoms with Crippen molar-refractivity contribution in [1.82, 2.24) is 0 Å². The van der Waals surface area contributed by atoms with Gasteiger partial charge in [0, 0.05) is 10.9 Å². The largest absolute Gasteiger partial charge is 0.383 e. The Hall–Kier alpha value is -5.21. The molecular formula is C39H28N2. The van der Waals surface area contributed by atoms with Crippen molar-refractivity contribution in [2.24, 2.45) is 10.7 Å². The van der Waals surface area contributed by atoms with Crippen LogP contribution >= 0.6 is 0 Å². The number of nitrogens with zero attached hydrogens (tertiary/aromatic N) is 1. The summed E-state index contributed by atoms with van der Waals surface area (Å²) in [5, 5.41) is 7.41. The summed E-state index contributed by atoms with van der Waals surface area (Å²) in [7, 11) is 0. The molecule has 0 spiro atoms. The first kappa shape index (κ1) is 23.7. The molecule has 0 radical (unpaired) electrons. The van der Waals surface area contributed by atoms with Crippen LogP contribution in [-0.4, -0.2) is 5.84 Å². The number of hydrogen-bond donors (Lipinski definition) is 1. The van der Waals surface area contributed by atoms with Crippen LogP contribution in [0.2, 0.25) is 0 Å². The lowest BCUT2D eigenvalue weighted by atomic mass is 9.86. The van der Waals surface area contributed by atoms with Crippen LogP contribution in [0.15, 0.2) is 138 Å². The highest BCUT2D eigenvalue weighted by Crippen LogP contribution is 2.46. The van der Waals surface area contributed by atoms with Crippen molar-refractivity contribution in [2.75, 3.05) is 0 Å². The zero-order valence-corrected chi connectivity index (χ0v) is 22.6. The Balaban J connectivity index is 1.38. The molecular weight excluding hydrogens is 496 g/mol. The van der Waals surface area contributed by atoms with E-state index in [4.69, 9.17) is 10.7 Å². The molecule has 1 aliphatic rings. The Morgan fingerprint density at radius 3 is 2.00 bits per heavy atom. The molecule has 0 amide bonds. The lowest BCUT2D eigenvalue weighted by Crippen LogP contribution is -2.16. The van der Waals surface area contributed by atoms with Gasteiger partial charge in [-0.05, 0) is 84.4 Å². The molecule has 0 fully saturated rings. The van der Waals surface area contributed by atoms with Gasteiger partial charge in [-0.25, -0.2) is 0 Å². The Bertz CT molecular complexity index is 2160. The minimum Gasteiger partial charge on any atom is -0.383 e. The van der Waals surface area contributed by atoms with E-state index in [-0.39, 0.29) is 0 Å². The highest BCUT2D eigenvalue weighted by molar-refractivity contribution is 6.31. The van der Waals surface area contributed by atoms with E-state index in [9.17, 15) is 0 Å². The highest BCUT2D eigenvalue weighted by Gasteiger charge is 2.26. The minimum atomic E-state index is 0.519. The predicted octanol–water partition coefficient (Wildman–Crippen LogP) is 9.29. The van der Waals surface area contributed by atoms with Gasteiger partial charge < -0.3 is 5.73 Å². The molecule has 0 saturated carbocycles. The van der Waals surface area contributed by atoms with Crippen LogP contribution in [0.5, 0.6) is 0 Å². The molecule has 7 aromatic rings. The molecule has 0 bridgehead atoms. The Morgan fingerprint density at radius 1 is 0.561 bits per heavy atom. The predicted molar refractivity (Wildman–Crippen MR) is 174 cm³/mol. The molecule has 0 atom stereocenters. The van der Waals surface area contributed by atoms with Crippen molar-refractivity contribution in [3.05, 3.63) is 156 Å². The maximum Gasteiger partial charge on any atom is 0.127 e. The summed E-state index contributed by atoms with van der Waals surface area (Å²) < 4.78 is 0. The summed E-state index contributed by atoms with van der Waals surface area (Å²) in [5.74, 6) is 0.592. The van der Waals surface area contributed by atoms with E-state index in [2.05, 4.69) is 127 Å². The Morgan fingerprint density at radius 2 is 1.20 bits per heavy atom. The zero-order chi connectivity index (χ0) is 27.3. The van der Waals surface area contributed by atoms with Crippen molar-refractivity contribution >= 4 is 38.2 Å². The van der Waals surface area contributed by atoms with E-state index < -0.39 is 0 Å². The maximum atomic E-state index is 7.07. The van der Waals surface area contributed by atoms with Gasteiger partial charge in [0.15, 0.2) is 0 Å². The van der Waals surface area contributed by atoms with Crippen molar-refractivity contribution in [2.45, 2.75) is 13.0 Å². The smallest absolute Gasteiger partial charge is 0.127 e. The van der Waals surface area contributed by atoms with Crippen LogP contribution in [0.25, 0.3) is 54.6 Å². The molecule has 2 N–H and O–H groups in total. The summed E-state index contributed by atoms with van der Waals surface area (Å²) in [5.41, 5.74) is 16.8. The van der Waals surface area contributed by atoms with Gasteiger partial charge >= 0.3 is 0 Å². The van der Waals surface area contributed by atoms with E-state index in [1.807, 2.05) is 6.07 Å². The third-order valence-electron chi connectivity index (χ3n) is 8.50. The third kappa shape index (κ3) is 3.83. The SMILES string of the molecule is NC(=NCc1cccc(-c2ccccc2)c1)c1c2c(cc3c4ccccc4c4ccccc4c13)Cc1ccccc1-2. The average Bonchev–Trinajstić information content (AvgIpc) is 3.41. The highest BCUT2D eigenvalue weighted by atomic mass is 14.8. The van der Waals surface area contributed by atoms with Gasteiger partial charge in [-0.1, -0.05) is 121 Å². The molecule has 8 rings (SSSR count). The fraction of sp³-hybridized carbons (Fsp3) is 0.0513. The number of fused-ring (bicyclic) bond motifs is 9. The number of rotatable bonds is 4. The minimum absolute atomic E-state index is 0.519. The third-order valence-corrected chi connectivity index (χ3v) is 8.50. The standard InChI is InChI=1S/C39H28N2/c40-39(41-24-25-11-10-15-27(21-25)26-12-2-1-3-13-26)38-36-29(22-28-14-4-5-16-30(28)36)23-35-33-19-7-6-17-31(33)32-18-8-9-20-34(32)37(35)38/h1-21,23H,22,24H2,(H2,40,41). The van der Waals surface area contributed by atoms with Crippen molar-refractivity contribution in [1.29, 1.82) is 0 Å². The normalized spacial score (nSPS) is 12.6. The number of amidine groups is 1. The number of aliphatic imine (C=N–C) groups is 1. The Labute approximate surface area is 239 Å². The van der Waals surface area contributed by atoms with Gasteiger partial charge in [0.1, 0.15) is 5.84 Å². The van der Waals surface area contributed by atoms with E-state index in [1.54, 1.807) is 0 Å². The number of hydrogen-bond acceptors (Lipinski definition) is 1. The first-order valence-corrected chi connectivity index (χ1v) is 14.2. The Kier molecular flexibility index (Phi) is 5.46. The second-order valence-electron chi connectivity index (χ2n) is 10.9. The average molecular weight is 525 g/mol. The summed E-state index contributed by atoms with van der Waals surface area (Å²) in [6, 6.07) is 47.7. The monoisotopic (exact) mass is 524 g/mol. The lowest BCUT2D eigenvalue weighted by Gasteiger charge is -2.18. The summed E-state index contributed by atoms with van der Waals surface area (Å²) in [4.78, 5) is 5.08. The molecule has 2 nitrogen and oxygen atoms in total.